The quantitative estimate of drug-likeness (QED) is 0.195. The van der Waals surface area contributed by atoms with E-state index in [0.717, 1.165) is 19.1 Å². The zero-order valence-corrected chi connectivity index (χ0v) is 13.0. The van der Waals surface area contributed by atoms with E-state index in [4.69, 9.17) is 0 Å². The predicted octanol–water partition coefficient (Wildman–Crippen LogP) is 6.22. The van der Waals surface area contributed by atoms with Gasteiger partial charge in [0.2, 0.25) is 0 Å². The number of allylic oxidation sites excluding steroid dienone is 2. The molecule has 1 nitrogen and oxygen atoms in total. The Morgan fingerprint density at radius 2 is 1.00 bits per heavy atom. The van der Waals surface area contributed by atoms with Gasteiger partial charge >= 0.3 is 0 Å². The average Bonchev–Trinajstić information content (AvgIpc) is 2.43. The highest BCUT2D eigenvalue weighted by molar-refractivity contribution is 5.48. The lowest BCUT2D eigenvalue weighted by Gasteiger charge is -2.00. The van der Waals surface area contributed by atoms with Crippen LogP contribution in [0.3, 0.4) is 0 Å². The van der Waals surface area contributed by atoms with Crippen LogP contribution in [-0.2, 0) is 4.79 Å². The Morgan fingerprint density at radius 3 is 1.47 bits per heavy atom. The monoisotopic (exact) mass is 266 g/mol. The minimum atomic E-state index is 0.755. The molecule has 0 bridgehead atoms. The highest BCUT2D eigenvalue weighted by Crippen LogP contribution is 2.10. The third kappa shape index (κ3) is 17.4. The molecule has 0 aromatic carbocycles. The van der Waals surface area contributed by atoms with E-state index >= 15 is 0 Å². The maximum Gasteiger partial charge on any atom is 0.119 e. The standard InChI is InChI=1S/C18H34O/c1-2-3-4-5-6-7-8-9-10-11-12-13-14-15-16-17-18-19/h6-7,18H,2-5,8-17H2,1H3/b7-6-. The Hall–Kier alpha value is -0.590. The Bertz CT molecular complexity index is 196. The lowest BCUT2D eigenvalue weighted by Crippen LogP contribution is -1.82. The van der Waals surface area contributed by atoms with Crippen molar-refractivity contribution in [1.29, 1.82) is 0 Å². The molecular formula is C18H34O. The fraction of sp³-hybridized carbons (Fsp3) is 0.833. The first-order valence-corrected chi connectivity index (χ1v) is 8.50. The van der Waals surface area contributed by atoms with Gasteiger partial charge in [0.1, 0.15) is 6.29 Å². The number of unbranched alkanes of at least 4 members (excludes halogenated alkanes) is 12. The van der Waals surface area contributed by atoms with Gasteiger partial charge < -0.3 is 4.79 Å². The summed E-state index contributed by atoms with van der Waals surface area (Å²) < 4.78 is 0. The zero-order chi connectivity index (χ0) is 14.0. The maximum absolute atomic E-state index is 10.1. The number of hydrogen-bond donors (Lipinski definition) is 0. The number of carbonyl (C=O) groups excluding carboxylic acids is 1. The van der Waals surface area contributed by atoms with Crippen LogP contribution >= 0.6 is 0 Å². The summed E-state index contributed by atoms with van der Waals surface area (Å²) in [5, 5.41) is 0. The molecular weight excluding hydrogens is 232 g/mol. The molecule has 0 aromatic rings. The lowest BCUT2D eigenvalue weighted by molar-refractivity contribution is -0.107. The largest absolute Gasteiger partial charge is 0.303 e. The summed E-state index contributed by atoms with van der Waals surface area (Å²) in [7, 11) is 0. The van der Waals surface area contributed by atoms with Crippen LogP contribution in [0, 0.1) is 0 Å². The summed E-state index contributed by atoms with van der Waals surface area (Å²) in [5.41, 5.74) is 0. The van der Waals surface area contributed by atoms with Crippen molar-refractivity contribution < 1.29 is 4.79 Å². The first-order chi connectivity index (χ1) is 9.41. The second kappa shape index (κ2) is 17.4. The second-order valence-electron chi connectivity index (χ2n) is 5.54. The molecule has 0 saturated heterocycles. The van der Waals surface area contributed by atoms with Gasteiger partial charge in [0, 0.05) is 6.42 Å². The number of hydrogen-bond acceptors (Lipinski definition) is 1. The van der Waals surface area contributed by atoms with E-state index < -0.39 is 0 Å². The zero-order valence-electron chi connectivity index (χ0n) is 13.0. The SMILES string of the molecule is CCCCC/C=C\CCCCCCCCCCC=O. The summed E-state index contributed by atoms with van der Waals surface area (Å²) in [4.78, 5) is 10.1. The van der Waals surface area contributed by atoms with E-state index in [1.807, 2.05) is 0 Å². The van der Waals surface area contributed by atoms with Crippen LogP contribution in [-0.4, -0.2) is 6.29 Å². The van der Waals surface area contributed by atoms with Gasteiger partial charge in [-0.05, 0) is 32.1 Å². The van der Waals surface area contributed by atoms with Crippen LogP contribution in [0.1, 0.15) is 96.8 Å². The first-order valence-electron chi connectivity index (χ1n) is 8.50. The summed E-state index contributed by atoms with van der Waals surface area (Å²) in [6.45, 7) is 2.26. The number of aldehydes is 1. The van der Waals surface area contributed by atoms with Gasteiger partial charge in [-0.2, -0.15) is 0 Å². The van der Waals surface area contributed by atoms with Crippen molar-refractivity contribution in [2.45, 2.75) is 96.8 Å². The van der Waals surface area contributed by atoms with Crippen LogP contribution < -0.4 is 0 Å². The van der Waals surface area contributed by atoms with Gasteiger partial charge in [-0.3, -0.25) is 0 Å². The topological polar surface area (TPSA) is 17.1 Å². The van der Waals surface area contributed by atoms with Crippen molar-refractivity contribution in [3.63, 3.8) is 0 Å². The molecule has 112 valence electrons. The molecule has 0 heterocycles. The third-order valence-corrected chi connectivity index (χ3v) is 3.58. The molecule has 0 atom stereocenters. The molecule has 0 amide bonds. The fourth-order valence-corrected chi connectivity index (χ4v) is 2.30. The van der Waals surface area contributed by atoms with E-state index in [-0.39, 0.29) is 0 Å². The Labute approximate surface area is 120 Å². The van der Waals surface area contributed by atoms with Crippen LogP contribution in [0.5, 0.6) is 0 Å². The lowest BCUT2D eigenvalue weighted by atomic mass is 10.1. The summed E-state index contributed by atoms with van der Waals surface area (Å²) in [5.74, 6) is 0. The predicted molar refractivity (Wildman–Crippen MR) is 85.5 cm³/mol. The second-order valence-corrected chi connectivity index (χ2v) is 5.54. The average molecular weight is 266 g/mol. The fourth-order valence-electron chi connectivity index (χ4n) is 2.30. The molecule has 0 aliphatic carbocycles. The minimum Gasteiger partial charge on any atom is -0.303 e. The molecule has 0 N–H and O–H groups in total. The van der Waals surface area contributed by atoms with Gasteiger partial charge in [0.25, 0.3) is 0 Å². The van der Waals surface area contributed by atoms with Gasteiger partial charge in [0.15, 0.2) is 0 Å². The van der Waals surface area contributed by atoms with Crippen molar-refractivity contribution in [3.8, 4) is 0 Å². The highest BCUT2D eigenvalue weighted by Gasteiger charge is 1.91. The van der Waals surface area contributed by atoms with E-state index in [1.54, 1.807) is 0 Å². The highest BCUT2D eigenvalue weighted by atomic mass is 16.1. The van der Waals surface area contributed by atoms with Crippen LogP contribution in [0.2, 0.25) is 0 Å². The van der Waals surface area contributed by atoms with Crippen LogP contribution in [0.4, 0.5) is 0 Å². The summed E-state index contributed by atoms with van der Waals surface area (Å²) >= 11 is 0. The van der Waals surface area contributed by atoms with Crippen molar-refractivity contribution >= 4 is 6.29 Å². The van der Waals surface area contributed by atoms with Gasteiger partial charge in [-0.1, -0.05) is 70.4 Å². The number of carbonyl (C=O) groups is 1. The molecule has 0 aromatic heterocycles. The third-order valence-electron chi connectivity index (χ3n) is 3.58. The van der Waals surface area contributed by atoms with Crippen molar-refractivity contribution in [3.05, 3.63) is 12.2 Å². The maximum atomic E-state index is 10.1. The van der Waals surface area contributed by atoms with Gasteiger partial charge in [-0.15, -0.1) is 0 Å². The summed E-state index contributed by atoms with van der Waals surface area (Å²) in [6.07, 6.45) is 23.6. The van der Waals surface area contributed by atoms with Crippen LogP contribution in [0.25, 0.3) is 0 Å². The molecule has 0 saturated carbocycles. The minimum absolute atomic E-state index is 0.755. The number of rotatable bonds is 15. The molecule has 1 heteroatoms. The smallest absolute Gasteiger partial charge is 0.119 e. The van der Waals surface area contributed by atoms with E-state index in [9.17, 15) is 4.79 Å². The van der Waals surface area contributed by atoms with Gasteiger partial charge in [0.05, 0.1) is 0 Å². The Morgan fingerprint density at radius 1 is 0.579 bits per heavy atom. The molecule has 0 aliphatic heterocycles. The molecule has 0 unspecified atom stereocenters. The molecule has 19 heavy (non-hydrogen) atoms. The molecule has 0 spiro atoms. The normalized spacial score (nSPS) is 11.2. The molecule has 0 rings (SSSR count). The first kappa shape index (κ1) is 18.4. The van der Waals surface area contributed by atoms with E-state index in [0.29, 0.717) is 0 Å². The van der Waals surface area contributed by atoms with Crippen molar-refractivity contribution in [2.75, 3.05) is 0 Å². The van der Waals surface area contributed by atoms with Crippen molar-refractivity contribution in [1.82, 2.24) is 0 Å². The Kier molecular flexibility index (Phi) is 16.9. The summed E-state index contributed by atoms with van der Waals surface area (Å²) in [6, 6.07) is 0. The Balaban J connectivity index is 3.00. The molecule has 0 fully saturated rings. The van der Waals surface area contributed by atoms with Crippen molar-refractivity contribution in [2.24, 2.45) is 0 Å². The molecule has 0 radical (unpaired) electrons. The molecule has 0 aliphatic rings. The van der Waals surface area contributed by atoms with E-state index in [2.05, 4.69) is 19.1 Å². The van der Waals surface area contributed by atoms with E-state index in [1.165, 1.54) is 77.0 Å². The van der Waals surface area contributed by atoms with Crippen LogP contribution in [0.15, 0.2) is 12.2 Å². The van der Waals surface area contributed by atoms with Gasteiger partial charge in [-0.25, -0.2) is 0 Å².